The third kappa shape index (κ3) is 6.25. The summed E-state index contributed by atoms with van der Waals surface area (Å²) in [5.41, 5.74) is 2.28. The Morgan fingerprint density at radius 1 is 0.568 bits per heavy atom. The van der Waals surface area contributed by atoms with E-state index >= 15 is 0 Å². The molecule has 0 saturated carbocycles. The fraction of sp³-hybridized carbons (Fsp3) is 0.0909. The summed E-state index contributed by atoms with van der Waals surface area (Å²) >= 11 is 0. The molecule has 0 heterocycles. The van der Waals surface area contributed by atoms with Gasteiger partial charge in [0.05, 0.1) is 16.3 Å². The van der Waals surface area contributed by atoms with Crippen LogP contribution in [0.3, 0.4) is 0 Å². The highest BCUT2D eigenvalue weighted by atomic mass is 32.2. The lowest BCUT2D eigenvalue weighted by atomic mass is 10.2. The van der Waals surface area contributed by atoms with E-state index in [-0.39, 0.29) is 5.66 Å². The molecule has 5 rings (SSSR count). The molecule has 1 unspecified atom stereocenters. The fourth-order valence-electron chi connectivity index (χ4n) is 4.51. The van der Waals surface area contributed by atoms with Crippen molar-refractivity contribution in [2.75, 3.05) is 5.75 Å². The van der Waals surface area contributed by atoms with E-state index < -0.39 is 17.7 Å². The molecule has 5 aromatic carbocycles. The highest BCUT2D eigenvalue weighted by Gasteiger charge is 2.30. The van der Waals surface area contributed by atoms with Crippen LogP contribution >= 0.6 is 7.92 Å². The molecule has 0 N–H and O–H groups in total. The van der Waals surface area contributed by atoms with Crippen molar-refractivity contribution in [2.24, 2.45) is 4.36 Å². The molecule has 0 bridgehead atoms. The Morgan fingerprint density at radius 3 is 1.51 bits per heavy atom. The summed E-state index contributed by atoms with van der Waals surface area (Å²) in [5.74, 6) is 0.448. The van der Waals surface area contributed by atoms with Crippen molar-refractivity contribution in [1.29, 1.82) is 0 Å². The maximum Gasteiger partial charge on any atom is 0.0765 e. The van der Waals surface area contributed by atoms with Crippen LogP contribution in [-0.4, -0.2) is 9.96 Å². The van der Waals surface area contributed by atoms with E-state index in [1.165, 1.54) is 16.2 Å². The van der Waals surface area contributed by atoms with Crippen LogP contribution in [-0.2, 0) is 16.3 Å². The van der Waals surface area contributed by atoms with Crippen molar-refractivity contribution in [3.63, 3.8) is 0 Å². The molecule has 0 radical (unpaired) electrons. The molecule has 0 aliphatic carbocycles. The highest BCUT2D eigenvalue weighted by molar-refractivity contribution is 7.94. The minimum Gasteiger partial charge on any atom is -0.245 e. The van der Waals surface area contributed by atoms with Gasteiger partial charge in [-0.05, 0) is 41.8 Å². The molecule has 0 aliphatic rings. The number of hydrogen-bond donors (Lipinski definition) is 0. The van der Waals surface area contributed by atoms with E-state index in [1.54, 1.807) is 0 Å². The van der Waals surface area contributed by atoms with Crippen LogP contribution in [0.15, 0.2) is 161 Å². The van der Waals surface area contributed by atoms with Crippen LogP contribution < -0.4 is 10.6 Å². The Labute approximate surface area is 222 Å². The van der Waals surface area contributed by atoms with Gasteiger partial charge in [-0.15, -0.1) is 0 Å². The minimum absolute atomic E-state index is 0.0215. The summed E-state index contributed by atoms with van der Waals surface area (Å²) in [7, 11) is -3.58. The summed E-state index contributed by atoms with van der Waals surface area (Å²) in [6.45, 7) is 0.421. The first-order valence-corrected chi connectivity index (χ1v) is 15.6. The molecule has 4 heteroatoms. The number of rotatable bonds is 9. The van der Waals surface area contributed by atoms with Crippen LogP contribution in [0.2, 0.25) is 0 Å². The van der Waals surface area contributed by atoms with Crippen LogP contribution in [0.4, 0.5) is 0 Å². The maximum absolute atomic E-state index is 15.0. The molecule has 37 heavy (non-hydrogen) atoms. The van der Waals surface area contributed by atoms with E-state index in [2.05, 4.69) is 84.9 Å². The predicted molar refractivity (Wildman–Crippen MR) is 159 cm³/mol. The van der Waals surface area contributed by atoms with Gasteiger partial charge in [-0.2, -0.15) is 0 Å². The van der Waals surface area contributed by atoms with Crippen molar-refractivity contribution in [2.45, 2.75) is 17.1 Å². The zero-order valence-corrected chi connectivity index (χ0v) is 22.3. The molecular weight excluding hydrogens is 489 g/mol. The van der Waals surface area contributed by atoms with Gasteiger partial charge < -0.3 is 0 Å². The molecule has 0 amide bonds. The van der Waals surface area contributed by atoms with E-state index in [1.807, 2.05) is 66.7 Å². The van der Waals surface area contributed by atoms with E-state index in [9.17, 15) is 4.21 Å². The summed E-state index contributed by atoms with van der Waals surface area (Å²) in [4.78, 5) is 0.794. The Bertz CT molecular complexity index is 1460. The van der Waals surface area contributed by atoms with Crippen LogP contribution in [0.5, 0.6) is 0 Å². The van der Waals surface area contributed by atoms with Crippen molar-refractivity contribution in [3.8, 4) is 0 Å². The van der Waals surface area contributed by atoms with Gasteiger partial charge in [-0.25, -0.2) is 8.57 Å². The zero-order chi connectivity index (χ0) is 25.3. The van der Waals surface area contributed by atoms with Gasteiger partial charge in [-0.3, -0.25) is 0 Å². The standard InChI is InChI=1S/C33H30NOPS/c35-37(32-24-14-5-15-25-32,34-26-28-16-6-1-7-17-28)27-33(29-18-8-2-9-19-29)36(30-20-10-3-11-21-30)31-22-12-4-13-23-31/h1-25,33H,26-27H2/t33-,37?/m1/s1. The Kier molecular flexibility index (Phi) is 8.25. The summed E-state index contributed by atoms with van der Waals surface area (Å²) in [5, 5.41) is 2.55. The molecule has 0 aliphatic heterocycles. The second-order valence-corrected chi connectivity index (χ2v) is 13.6. The maximum atomic E-state index is 15.0. The van der Waals surface area contributed by atoms with Gasteiger partial charge in [-0.1, -0.05) is 140 Å². The second kappa shape index (κ2) is 12.1. The van der Waals surface area contributed by atoms with Crippen molar-refractivity contribution in [1.82, 2.24) is 0 Å². The third-order valence-electron chi connectivity index (χ3n) is 6.36. The zero-order valence-electron chi connectivity index (χ0n) is 20.6. The van der Waals surface area contributed by atoms with Crippen molar-refractivity contribution >= 4 is 28.3 Å². The van der Waals surface area contributed by atoms with Crippen LogP contribution in [0.25, 0.3) is 0 Å². The normalized spacial score (nSPS) is 13.5. The lowest BCUT2D eigenvalue weighted by molar-refractivity contribution is 0.672. The van der Waals surface area contributed by atoms with Gasteiger partial charge in [0, 0.05) is 16.3 Å². The molecule has 5 aromatic rings. The monoisotopic (exact) mass is 519 g/mol. The molecule has 184 valence electrons. The molecule has 0 aromatic heterocycles. The highest BCUT2D eigenvalue weighted by Crippen LogP contribution is 2.50. The van der Waals surface area contributed by atoms with E-state index in [4.69, 9.17) is 4.36 Å². The number of benzene rings is 5. The average Bonchev–Trinajstić information content (AvgIpc) is 2.98. The molecule has 2 nitrogen and oxygen atoms in total. The predicted octanol–water partition coefficient (Wildman–Crippen LogP) is 7.59. The molecule has 0 fully saturated rings. The summed E-state index contributed by atoms with van der Waals surface area (Å²) in [6, 6.07) is 51.8. The topological polar surface area (TPSA) is 29.4 Å². The largest absolute Gasteiger partial charge is 0.245 e. The van der Waals surface area contributed by atoms with E-state index in [0.717, 1.165) is 10.5 Å². The number of hydrogen-bond acceptors (Lipinski definition) is 2. The van der Waals surface area contributed by atoms with Gasteiger partial charge in [0.1, 0.15) is 0 Å². The fourth-order valence-corrected chi connectivity index (χ4v) is 10.2. The summed E-state index contributed by atoms with van der Waals surface area (Å²) in [6.07, 6.45) is 0. The summed E-state index contributed by atoms with van der Waals surface area (Å²) < 4.78 is 19.9. The molecular formula is C33H30NOPS. The smallest absolute Gasteiger partial charge is 0.0765 e. The first kappa shape index (κ1) is 25.1. The molecule has 2 atom stereocenters. The Balaban J connectivity index is 1.67. The SMILES string of the molecule is O=S(C[C@H](c1ccccc1)P(c1ccccc1)c1ccccc1)(=NCc1ccccc1)c1ccccc1. The minimum atomic E-state index is -2.73. The van der Waals surface area contributed by atoms with Gasteiger partial charge in [0.25, 0.3) is 0 Å². The Morgan fingerprint density at radius 2 is 1.00 bits per heavy atom. The van der Waals surface area contributed by atoms with Crippen molar-refractivity contribution < 1.29 is 4.21 Å². The first-order chi connectivity index (χ1) is 18.2. The lowest BCUT2D eigenvalue weighted by Crippen LogP contribution is -2.23. The molecule has 0 saturated heterocycles. The van der Waals surface area contributed by atoms with E-state index in [0.29, 0.717) is 12.3 Å². The third-order valence-corrected chi connectivity index (χ3v) is 11.8. The van der Waals surface area contributed by atoms with Crippen LogP contribution in [0.1, 0.15) is 16.8 Å². The number of nitrogens with zero attached hydrogens (tertiary/aromatic N) is 1. The quantitative estimate of drug-likeness (QED) is 0.185. The molecule has 0 spiro atoms. The second-order valence-electron chi connectivity index (χ2n) is 8.86. The Hall–Kier alpha value is -3.52. The van der Waals surface area contributed by atoms with Crippen LogP contribution in [0, 0.1) is 0 Å². The van der Waals surface area contributed by atoms with Crippen molar-refractivity contribution in [3.05, 3.63) is 163 Å². The lowest BCUT2D eigenvalue weighted by Gasteiger charge is -2.30. The first-order valence-electron chi connectivity index (χ1n) is 12.5. The van der Waals surface area contributed by atoms with Gasteiger partial charge in [0.15, 0.2) is 0 Å². The van der Waals surface area contributed by atoms with Gasteiger partial charge >= 0.3 is 0 Å². The van der Waals surface area contributed by atoms with Gasteiger partial charge in [0.2, 0.25) is 0 Å². The average molecular weight is 520 g/mol.